The summed E-state index contributed by atoms with van der Waals surface area (Å²) in [5.41, 5.74) is -1.27. The molecule has 9 heteroatoms. The van der Waals surface area contributed by atoms with Crippen molar-refractivity contribution < 1.29 is 39.5 Å². The van der Waals surface area contributed by atoms with Crippen molar-refractivity contribution in [3.05, 3.63) is 41.0 Å². The summed E-state index contributed by atoms with van der Waals surface area (Å²) in [6.45, 7) is 0. The minimum Gasteiger partial charge on any atom is -0.194 e. The normalized spacial score (nSPS) is 16.5. The number of benzene rings is 1. The third-order valence-electron chi connectivity index (χ3n) is 3.31. The van der Waals surface area contributed by atoms with Gasteiger partial charge in [-0.2, -0.15) is 39.5 Å². The molecule has 1 aliphatic carbocycles. The van der Waals surface area contributed by atoms with Crippen molar-refractivity contribution in [2.75, 3.05) is 0 Å². The lowest BCUT2D eigenvalue weighted by Crippen LogP contribution is -2.61. The molecule has 0 unspecified atom stereocenters. The van der Waals surface area contributed by atoms with Gasteiger partial charge in [0.25, 0.3) is 0 Å². The van der Waals surface area contributed by atoms with Crippen molar-refractivity contribution in [3.63, 3.8) is 0 Å². The Hall–Kier alpha value is -1.67. The zero-order valence-corrected chi connectivity index (χ0v) is 10.5. The number of halogens is 9. The van der Waals surface area contributed by atoms with Gasteiger partial charge in [0.1, 0.15) is 0 Å². The first-order valence-corrected chi connectivity index (χ1v) is 5.81. The highest BCUT2D eigenvalue weighted by Crippen LogP contribution is 2.56. The Labute approximate surface area is 118 Å². The summed E-state index contributed by atoms with van der Waals surface area (Å²) >= 11 is 0. The van der Waals surface area contributed by atoms with Crippen molar-refractivity contribution in [2.45, 2.75) is 30.4 Å². The van der Waals surface area contributed by atoms with Gasteiger partial charge in [0.2, 0.25) is 0 Å². The molecule has 1 aliphatic rings. The summed E-state index contributed by atoms with van der Waals surface area (Å²) in [6, 6.07) is 5.34. The zero-order valence-electron chi connectivity index (χ0n) is 10.5. The number of fused-ring (bicyclic) bond motifs is 1. The molecule has 0 saturated carbocycles. The molecule has 0 bridgehead atoms. The summed E-state index contributed by atoms with van der Waals surface area (Å²) in [7, 11) is 0. The minimum absolute atomic E-state index is 0.0725. The summed E-state index contributed by atoms with van der Waals surface area (Å²) in [5.74, 6) is -19.1. The van der Waals surface area contributed by atoms with Gasteiger partial charge in [-0.15, -0.1) is 0 Å². The van der Waals surface area contributed by atoms with Gasteiger partial charge < -0.3 is 0 Å². The van der Waals surface area contributed by atoms with Gasteiger partial charge in [-0.1, -0.05) is 24.3 Å². The van der Waals surface area contributed by atoms with Crippen LogP contribution in [0.15, 0.2) is 29.8 Å². The van der Waals surface area contributed by atoms with E-state index in [1.54, 1.807) is 0 Å². The van der Waals surface area contributed by atoms with Gasteiger partial charge >= 0.3 is 23.9 Å². The van der Waals surface area contributed by atoms with Crippen LogP contribution in [0.4, 0.5) is 39.5 Å². The largest absolute Gasteiger partial charge is 0.460 e. The standard InChI is InChI=1S/C13H7F9/c14-10(15,11(16,17)12(18,19)13(20,21)22)9-5-7-3-1-2-4-8(7)6-9/h1-5H,6H2. The van der Waals surface area contributed by atoms with Crippen LogP contribution in [-0.2, 0) is 6.42 Å². The van der Waals surface area contributed by atoms with Crippen molar-refractivity contribution in [1.29, 1.82) is 0 Å². The molecular formula is C13H7F9. The van der Waals surface area contributed by atoms with Gasteiger partial charge in [-0.05, 0) is 17.2 Å². The molecule has 0 nitrogen and oxygen atoms in total. The molecule has 0 aromatic heterocycles. The third-order valence-corrected chi connectivity index (χ3v) is 3.31. The Bertz CT molecular complexity index is 610. The van der Waals surface area contributed by atoms with Crippen molar-refractivity contribution in [2.24, 2.45) is 0 Å². The van der Waals surface area contributed by atoms with E-state index in [2.05, 4.69) is 0 Å². The Morgan fingerprint density at radius 1 is 0.727 bits per heavy atom. The molecule has 0 spiro atoms. The molecule has 0 heterocycles. The first-order chi connectivity index (χ1) is 9.82. The zero-order chi connectivity index (χ0) is 17.0. The maximum atomic E-state index is 13.7. The average Bonchev–Trinajstić information content (AvgIpc) is 2.81. The van der Waals surface area contributed by atoms with Gasteiger partial charge in [0.05, 0.1) is 0 Å². The predicted molar refractivity (Wildman–Crippen MR) is 59.0 cm³/mol. The van der Waals surface area contributed by atoms with Gasteiger partial charge in [0.15, 0.2) is 0 Å². The Morgan fingerprint density at radius 3 is 1.77 bits per heavy atom. The van der Waals surface area contributed by atoms with Gasteiger partial charge in [-0.25, -0.2) is 0 Å². The molecule has 1 aromatic carbocycles. The molecular weight excluding hydrogens is 327 g/mol. The third kappa shape index (κ3) is 2.17. The highest BCUT2D eigenvalue weighted by molar-refractivity contribution is 5.65. The molecule has 22 heavy (non-hydrogen) atoms. The second-order valence-corrected chi connectivity index (χ2v) is 4.77. The van der Waals surface area contributed by atoms with Crippen molar-refractivity contribution in [1.82, 2.24) is 0 Å². The predicted octanol–water partition coefficient (Wildman–Crippen LogP) is 5.09. The Kier molecular flexibility index (Phi) is 3.54. The fourth-order valence-corrected chi connectivity index (χ4v) is 2.06. The lowest BCUT2D eigenvalue weighted by Gasteiger charge is -2.34. The van der Waals surface area contributed by atoms with Crippen molar-refractivity contribution in [3.8, 4) is 0 Å². The minimum atomic E-state index is -6.86. The molecule has 0 saturated heterocycles. The summed E-state index contributed by atoms with van der Waals surface area (Å²) < 4.78 is 116. The first-order valence-electron chi connectivity index (χ1n) is 5.81. The second kappa shape index (κ2) is 4.66. The molecule has 0 fully saturated rings. The van der Waals surface area contributed by atoms with Crippen LogP contribution in [0.3, 0.4) is 0 Å². The summed E-state index contributed by atoms with van der Waals surface area (Å²) in [5, 5.41) is 0. The monoisotopic (exact) mass is 334 g/mol. The molecule has 0 amide bonds. The van der Waals surface area contributed by atoms with Crippen LogP contribution in [0, 0.1) is 0 Å². The van der Waals surface area contributed by atoms with E-state index in [4.69, 9.17) is 0 Å². The maximum absolute atomic E-state index is 13.7. The second-order valence-electron chi connectivity index (χ2n) is 4.77. The fourth-order valence-electron chi connectivity index (χ4n) is 2.06. The number of rotatable bonds is 3. The van der Waals surface area contributed by atoms with Crippen LogP contribution < -0.4 is 0 Å². The molecule has 1 aromatic rings. The highest BCUT2D eigenvalue weighted by atomic mass is 19.4. The van der Waals surface area contributed by atoms with E-state index >= 15 is 0 Å². The number of alkyl halides is 9. The molecule has 0 aliphatic heterocycles. The smallest absolute Gasteiger partial charge is 0.194 e. The van der Waals surface area contributed by atoms with Crippen LogP contribution in [0.1, 0.15) is 11.1 Å². The van der Waals surface area contributed by atoms with Crippen LogP contribution in [0.5, 0.6) is 0 Å². The maximum Gasteiger partial charge on any atom is 0.460 e. The van der Waals surface area contributed by atoms with Gasteiger partial charge in [0, 0.05) is 12.0 Å². The SMILES string of the molecule is FC(F)(F)C(F)(F)C(F)(F)C(F)(F)C1=Cc2ccccc2C1. The topological polar surface area (TPSA) is 0 Å². The Morgan fingerprint density at radius 2 is 1.27 bits per heavy atom. The van der Waals surface area contributed by atoms with Gasteiger partial charge in [-0.3, -0.25) is 0 Å². The molecule has 122 valence electrons. The van der Waals surface area contributed by atoms with E-state index in [1.807, 2.05) is 0 Å². The van der Waals surface area contributed by atoms with E-state index < -0.39 is 35.9 Å². The van der Waals surface area contributed by atoms with E-state index in [-0.39, 0.29) is 11.1 Å². The number of allylic oxidation sites excluding steroid dienone is 1. The summed E-state index contributed by atoms with van der Waals surface area (Å²) in [4.78, 5) is 0. The van der Waals surface area contributed by atoms with Crippen LogP contribution in [0.2, 0.25) is 0 Å². The molecule has 0 atom stereocenters. The average molecular weight is 334 g/mol. The number of hydrogen-bond acceptors (Lipinski definition) is 0. The molecule has 0 radical (unpaired) electrons. The quantitative estimate of drug-likeness (QED) is 0.675. The van der Waals surface area contributed by atoms with E-state index in [9.17, 15) is 39.5 Å². The lowest BCUT2D eigenvalue weighted by molar-refractivity contribution is -0.389. The molecule has 2 rings (SSSR count). The van der Waals surface area contributed by atoms with E-state index in [0.717, 1.165) is 0 Å². The van der Waals surface area contributed by atoms with Crippen LogP contribution in [-0.4, -0.2) is 23.9 Å². The van der Waals surface area contributed by atoms with Crippen LogP contribution in [0.25, 0.3) is 6.08 Å². The fraction of sp³-hybridized carbons (Fsp3) is 0.385. The van der Waals surface area contributed by atoms with E-state index in [1.165, 1.54) is 24.3 Å². The summed E-state index contributed by atoms with van der Waals surface area (Å²) in [6.07, 6.45) is -7.12. The first kappa shape index (κ1) is 16.7. The molecule has 0 N–H and O–H groups in total. The van der Waals surface area contributed by atoms with Crippen LogP contribution >= 0.6 is 0 Å². The van der Waals surface area contributed by atoms with E-state index in [0.29, 0.717) is 6.08 Å². The Balaban J connectivity index is 2.44. The highest BCUT2D eigenvalue weighted by Gasteiger charge is 2.82. The lowest BCUT2D eigenvalue weighted by atomic mass is 9.95. The van der Waals surface area contributed by atoms with Crippen molar-refractivity contribution >= 4 is 6.08 Å². The number of hydrogen-bond donors (Lipinski definition) is 0.